The van der Waals surface area contributed by atoms with E-state index in [0.717, 1.165) is 11.3 Å². The lowest BCUT2D eigenvalue weighted by Gasteiger charge is -2.02. The Balaban J connectivity index is 1.83. The Morgan fingerprint density at radius 3 is 2.77 bits per heavy atom. The Hall–Kier alpha value is -2.95. The van der Waals surface area contributed by atoms with Gasteiger partial charge in [0, 0.05) is 23.9 Å². The quantitative estimate of drug-likeness (QED) is 0.502. The molecule has 0 spiro atoms. The molecule has 0 saturated carbocycles. The smallest absolute Gasteiger partial charge is 0.305 e. The zero-order valence-electron chi connectivity index (χ0n) is 12.3. The normalized spacial score (nSPS) is 11.0. The molecule has 22 heavy (non-hydrogen) atoms. The number of hydrogen-bond acceptors (Lipinski definition) is 3. The van der Waals surface area contributed by atoms with Gasteiger partial charge in [-0.1, -0.05) is 24.3 Å². The fraction of sp³-hybridized carbons (Fsp3) is 0.118. The van der Waals surface area contributed by atoms with Gasteiger partial charge in [0.25, 0.3) is 0 Å². The summed E-state index contributed by atoms with van der Waals surface area (Å²) >= 11 is 0. The average molecular weight is 296 g/mol. The summed E-state index contributed by atoms with van der Waals surface area (Å²) in [5, 5.41) is 3.87. The van der Waals surface area contributed by atoms with E-state index < -0.39 is 0 Å². The maximum absolute atomic E-state index is 11.7. The minimum absolute atomic E-state index is 0.182. The van der Waals surface area contributed by atoms with Crippen LogP contribution in [0.5, 0.6) is 5.75 Å². The van der Waals surface area contributed by atoms with Crippen LogP contribution in [0.3, 0.4) is 0 Å². The molecule has 5 nitrogen and oxygen atoms in total. The van der Waals surface area contributed by atoms with Crippen LogP contribution in [-0.2, 0) is 11.3 Å². The van der Waals surface area contributed by atoms with Crippen LogP contribution in [0.4, 0.5) is 0 Å². The van der Waals surface area contributed by atoms with Crippen LogP contribution in [0.25, 0.3) is 6.08 Å². The number of amides is 1. The summed E-state index contributed by atoms with van der Waals surface area (Å²) in [6, 6.07) is 13.3. The number of nitrogens with zero attached hydrogens (tertiary/aromatic N) is 2. The van der Waals surface area contributed by atoms with E-state index in [2.05, 4.69) is 10.5 Å². The van der Waals surface area contributed by atoms with Crippen molar-refractivity contribution < 1.29 is 14.1 Å². The van der Waals surface area contributed by atoms with Crippen LogP contribution >= 0.6 is 0 Å². The largest absolute Gasteiger partial charge is 0.496 e. The molecule has 1 N–H and O–H groups in total. The van der Waals surface area contributed by atoms with Crippen molar-refractivity contribution in [1.29, 1.82) is 0 Å². The van der Waals surface area contributed by atoms with Crippen LogP contribution in [0.15, 0.2) is 66.0 Å². The summed E-state index contributed by atoms with van der Waals surface area (Å²) in [4.78, 5) is 11.7. The lowest BCUT2D eigenvalue weighted by molar-refractivity contribution is -0.684. The molecule has 2 rings (SSSR count). The molecule has 1 amide bonds. The lowest BCUT2D eigenvalue weighted by Crippen LogP contribution is -2.40. The van der Waals surface area contributed by atoms with Crippen molar-refractivity contribution in [3.8, 4) is 5.75 Å². The van der Waals surface area contributed by atoms with Crippen molar-refractivity contribution in [2.75, 3.05) is 7.11 Å². The van der Waals surface area contributed by atoms with Crippen LogP contribution in [-0.4, -0.2) is 19.2 Å². The number of pyridine rings is 1. The zero-order chi connectivity index (χ0) is 15.6. The molecule has 0 atom stereocenters. The molecule has 2 aromatic rings. The SMILES string of the molecule is COc1ccccc1/C=C/C=N/NC(=O)C[n+]1ccccc1. The van der Waals surface area contributed by atoms with Crippen LogP contribution in [0.1, 0.15) is 5.56 Å². The van der Waals surface area contributed by atoms with Gasteiger partial charge in [0.15, 0.2) is 12.4 Å². The van der Waals surface area contributed by atoms with Gasteiger partial charge in [-0.25, -0.2) is 5.43 Å². The summed E-state index contributed by atoms with van der Waals surface area (Å²) in [5.74, 6) is 0.606. The van der Waals surface area contributed by atoms with Gasteiger partial charge in [0.05, 0.1) is 7.11 Å². The van der Waals surface area contributed by atoms with Gasteiger partial charge >= 0.3 is 5.91 Å². The molecule has 1 heterocycles. The van der Waals surface area contributed by atoms with Gasteiger partial charge < -0.3 is 4.74 Å². The number of benzene rings is 1. The number of rotatable bonds is 6. The van der Waals surface area contributed by atoms with Gasteiger partial charge in [-0.3, -0.25) is 4.79 Å². The number of methoxy groups -OCH3 is 1. The second-order valence-electron chi connectivity index (χ2n) is 4.46. The molecule has 0 aliphatic heterocycles. The Bertz CT molecular complexity index is 667. The van der Waals surface area contributed by atoms with Gasteiger partial charge in [0.2, 0.25) is 6.54 Å². The Labute approximate surface area is 129 Å². The molecule has 5 heteroatoms. The second-order valence-corrected chi connectivity index (χ2v) is 4.46. The standard InChI is InChI=1S/C17H17N3O2/c1-22-16-10-4-3-8-15(16)9-7-11-18-19-17(21)14-20-12-5-2-6-13-20/h2-13H,14H2,1H3/p+1/b9-7+,18-11+. The highest BCUT2D eigenvalue weighted by molar-refractivity contribution is 5.81. The summed E-state index contributed by atoms with van der Waals surface area (Å²) in [5.41, 5.74) is 3.42. The number of hydrogen-bond donors (Lipinski definition) is 1. The maximum Gasteiger partial charge on any atom is 0.305 e. The predicted octanol–water partition coefficient (Wildman–Crippen LogP) is 1.80. The number of hydrazone groups is 1. The molecule has 0 unspecified atom stereocenters. The van der Waals surface area contributed by atoms with Gasteiger partial charge in [-0.2, -0.15) is 9.67 Å². The molecule has 1 aromatic carbocycles. The van der Waals surface area contributed by atoms with E-state index in [1.54, 1.807) is 17.8 Å². The summed E-state index contributed by atoms with van der Waals surface area (Å²) in [7, 11) is 1.63. The number of ether oxygens (including phenoxy) is 1. The molecule has 0 saturated heterocycles. The van der Waals surface area contributed by atoms with Crippen molar-refractivity contribution in [1.82, 2.24) is 5.43 Å². The molecule has 112 valence electrons. The van der Waals surface area contributed by atoms with Crippen LogP contribution in [0, 0.1) is 0 Å². The summed E-state index contributed by atoms with van der Waals surface area (Å²) < 4.78 is 7.01. The molecular formula is C17H18N3O2+. The first kappa shape index (κ1) is 15.4. The number of carbonyl (C=O) groups excluding carboxylic acids is 1. The average Bonchev–Trinajstić information content (AvgIpc) is 2.56. The van der Waals surface area contributed by atoms with Crippen molar-refractivity contribution >= 4 is 18.2 Å². The van der Waals surface area contributed by atoms with E-state index >= 15 is 0 Å². The van der Waals surface area contributed by atoms with Gasteiger partial charge in [0.1, 0.15) is 5.75 Å². The molecule has 0 fully saturated rings. The first-order valence-corrected chi connectivity index (χ1v) is 6.85. The van der Waals surface area contributed by atoms with Crippen molar-refractivity contribution in [3.05, 3.63) is 66.5 Å². The number of para-hydroxylation sites is 1. The number of allylic oxidation sites excluding steroid dienone is 1. The third kappa shape index (κ3) is 4.86. The molecular weight excluding hydrogens is 278 g/mol. The number of nitrogens with one attached hydrogen (secondary N) is 1. The first-order valence-electron chi connectivity index (χ1n) is 6.85. The van der Waals surface area contributed by atoms with Crippen molar-refractivity contribution in [2.24, 2.45) is 5.10 Å². The van der Waals surface area contributed by atoms with E-state index in [1.807, 2.05) is 60.9 Å². The highest BCUT2D eigenvalue weighted by Crippen LogP contribution is 2.18. The lowest BCUT2D eigenvalue weighted by atomic mass is 10.2. The Kier molecular flexibility index (Phi) is 5.87. The van der Waals surface area contributed by atoms with E-state index in [0.29, 0.717) is 0 Å². The fourth-order valence-corrected chi connectivity index (χ4v) is 1.84. The minimum atomic E-state index is -0.182. The van der Waals surface area contributed by atoms with Crippen molar-refractivity contribution in [2.45, 2.75) is 6.54 Å². The van der Waals surface area contributed by atoms with E-state index in [1.165, 1.54) is 6.21 Å². The third-order valence-electron chi connectivity index (χ3n) is 2.87. The number of carbonyl (C=O) groups is 1. The fourth-order valence-electron chi connectivity index (χ4n) is 1.84. The summed E-state index contributed by atoms with van der Waals surface area (Å²) in [6.07, 6.45) is 8.78. The van der Waals surface area contributed by atoms with Crippen LogP contribution < -0.4 is 14.7 Å². The van der Waals surface area contributed by atoms with E-state index in [9.17, 15) is 4.79 Å². The highest BCUT2D eigenvalue weighted by atomic mass is 16.5. The van der Waals surface area contributed by atoms with E-state index in [-0.39, 0.29) is 12.5 Å². The van der Waals surface area contributed by atoms with E-state index in [4.69, 9.17) is 4.74 Å². The van der Waals surface area contributed by atoms with Gasteiger partial charge in [-0.05, 0) is 18.2 Å². The second kappa shape index (κ2) is 8.36. The highest BCUT2D eigenvalue weighted by Gasteiger charge is 2.06. The Morgan fingerprint density at radius 2 is 2.00 bits per heavy atom. The molecule has 0 radical (unpaired) electrons. The summed E-state index contributed by atoms with van der Waals surface area (Å²) in [6.45, 7) is 0.231. The molecule has 0 aliphatic rings. The molecule has 0 bridgehead atoms. The Morgan fingerprint density at radius 1 is 1.23 bits per heavy atom. The minimum Gasteiger partial charge on any atom is -0.496 e. The molecule has 1 aromatic heterocycles. The molecule has 0 aliphatic carbocycles. The third-order valence-corrected chi connectivity index (χ3v) is 2.87. The monoisotopic (exact) mass is 296 g/mol. The van der Waals surface area contributed by atoms with Crippen molar-refractivity contribution in [3.63, 3.8) is 0 Å². The van der Waals surface area contributed by atoms with Gasteiger partial charge in [-0.15, -0.1) is 0 Å². The van der Waals surface area contributed by atoms with Crippen LogP contribution in [0.2, 0.25) is 0 Å². The maximum atomic E-state index is 11.7. The topological polar surface area (TPSA) is 54.6 Å². The zero-order valence-corrected chi connectivity index (χ0v) is 12.3. The predicted molar refractivity (Wildman–Crippen MR) is 85.3 cm³/mol. The first-order chi connectivity index (χ1) is 10.8. The number of aromatic nitrogens is 1.